The summed E-state index contributed by atoms with van der Waals surface area (Å²) in [5.41, 5.74) is 1.39. The van der Waals surface area contributed by atoms with E-state index >= 15 is 0 Å². The summed E-state index contributed by atoms with van der Waals surface area (Å²) in [6.45, 7) is 5.31. The lowest BCUT2D eigenvalue weighted by molar-refractivity contribution is 0.359. The van der Waals surface area contributed by atoms with E-state index in [2.05, 4.69) is 35.5 Å². The zero-order chi connectivity index (χ0) is 13.6. The van der Waals surface area contributed by atoms with Gasteiger partial charge in [-0.1, -0.05) is 37.6 Å². The van der Waals surface area contributed by atoms with E-state index in [0.717, 1.165) is 23.9 Å². The smallest absolute Gasteiger partial charge is 0.190 e. The maximum absolute atomic E-state index is 6.00. The van der Waals surface area contributed by atoms with Crippen LogP contribution in [-0.2, 0) is 6.42 Å². The summed E-state index contributed by atoms with van der Waals surface area (Å²) in [4.78, 5) is 4.10. The monoisotopic (exact) mass is 395 g/mol. The van der Waals surface area contributed by atoms with Gasteiger partial charge >= 0.3 is 0 Å². The number of halogens is 2. The second kappa shape index (κ2) is 8.64. The summed E-state index contributed by atoms with van der Waals surface area (Å²) in [6, 6.07) is 8.03. The largest absolute Gasteiger partial charge is 0.359 e. The molecule has 108 valence electrons. The van der Waals surface area contributed by atoms with Crippen LogP contribution in [-0.4, -0.2) is 26.6 Å². The Morgan fingerprint density at radius 3 is 2.58 bits per heavy atom. The maximum Gasteiger partial charge on any atom is 0.190 e. The Morgan fingerprint density at radius 2 is 2.05 bits per heavy atom. The van der Waals surface area contributed by atoms with Crippen LogP contribution in [0.5, 0.6) is 0 Å². The van der Waals surface area contributed by atoms with Crippen LogP contribution in [0.15, 0.2) is 29.3 Å². The quantitative estimate of drug-likeness (QED) is 0.466. The van der Waals surface area contributed by atoms with Gasteiger partial charge in [0.1, 0.15) is 0 Å². The second-order valence-electron chi connectivity index (χ2n) is 5.15. The van der Waals surface area contributed by atoms with Gasteiger partial charge in [-0.2, -0.15) is 0 Å². The molecule has 5 heteroatoms. The van der Waals surface area contributed by atoms with Gasteiger partial charge in [0.15, 0.2) is 5.96 Å². The minimum atomic E-state index is 0. The number of hydrogen-bond acceptors (Lipinski definition) is 1. The SMILES string of the molecule is CN=C(NC)NCC(C)(C)Cc1cccc(Cl)c1.I. The van der Waals surface area contributed by atoms with E-state index in [0.29, 0.717) is 0 Å². The van der Waals surface area contributed by atoms with Crippen LogP contribution >= 0.6 is 35.6 Å². The number of aliphatic imine (C=N–C) groups is 1. The van der Waals surface area contributed by atoms with Crippen LogP contribution in [0.2, 0.25) is 5.02 Å². The van der Waals surface area contributed by atoms with Gasteiger partial charge in [0.05, 0.1) is 0 Å². The van der Waals surface area contributed by atoms with E-state index in [1.165, 1.54) is 5.56 Å². The van der Waals surface area contributed by atoms with Crippen molar-refractivity contribution in [3.05, 3.63) is 34.9 Å². The van der Waals surface area contributed by atoms with Gasteiger partial charge in [0.2, 0.25) is 0 Å². The molecule has 0 heterocycles. The van der Waals surface area contributed by atoms with Crippen molar-refractivity contribution in [3.63, 3.8) is 0 Å². The highest BCUT2D eigenvalue weighted by molar-refractivity contribution is 14.0. The first-order valence-corrected chi connectivity index (χ1v) is 6.47. The lowest BCUT2D eigenvalue weighted by Gasteiger charge is -2.26. The minimum Gasteiger partial charge on any atom is -0.359 e. The molecule has 19 heavy (non-hydrogen) atoms. The third-order valence-electron chi connectivity index (χ3n) is 2.77. The van der Waals surface area contributed by atoms with Crippen molar-refractivity contribution >= 4 is 41.5 Å². The molecule has 0 atom stereocenters. The van der Waals surface area contributed by atoms with E-state index in [-0.39, 0.29) is 29.4 Å². The summed E-state index contributed by atoms with van der Waals surface area (Å²) < 4.78 is 0. The molecule has 0 saturated heterocycles. The van der Waals surface area contributed by atoms with Gasteiger partial charge in [0.25, 0.3) is 0 Å². The highest BCUT2D eigenvalue weighted by Crippen LogP contribution is 2.22. The lowest BCUT2D eigenvalue weighted by atomic mass is 9.86. The van der Waals surface area contributed by atoms with Crippen molar-refractivity contribution in [3.8, 4) is 0 Å². The van der Waals surface area contributed by atoms with E-state index in [1.54, 1.807) is 7.05 Å². The molecule has 0 saturated carbocycles. The van der Waals surface area contributed by atoms with Crippen molar-refractivity contribution in [2.24, 2.45) is 10.4 Å². The van der Waals surface area contributed by atoms with E-state index in [9.17, 15) is 0 Å². The van der Waals surface area contributed by atoms with Crippen LogP contribution in [0.4, 0.5) is 0 Å². The van der Waals surface area contributed by atoms with Gasteiger partial charge in [-0.05, 0) is 29.5 Å². The number of hydrogen-bond donors (Lipinski definition) is 2. The first-order valence-electron chi connectivity index (χ1n) is 6.10. The third-order valence-corrected chi connectivity index (χ3v) is 3.00. The fourth-order valence-corrected chi connectivity index (χ4v) is 2.08. The molecule has 0 aliphatic carbocycles. The highest BCUT2D eigenvalue weighted by Gasteiger charge is 2.19. The first kappa shape index (κ1) is 18.5. The average molecular weight is 396 g/mol. The molecule has 0 aliphatic heterocycles. The Balaban J connectivity index is 0.00000324. The maximum atomic E-state index is 6.00. The zero-order valence-corrected chi connectivity index (χ0v) is 15.0. The second-order valence-corrected chi connectivity index (χ2v) is 5.58. The molecule has 0 fully saturated rings. The number of rotatable bonds is 4. The molecule has 0 aliphatic rings. The molecular weight excluding hydrogens is 373 g/mol. The van der Waals surface area contributed by atoms with Crippen molar-refractivity contribution in [1.82, 2.24) is 10.6 Å². The number of nitrogens with one attached hydrogen (secondary N) is 2. The molecule has 1 rings (SSSR count). The molecule has 0 spiro atoms. The molecule has 0 bridgehead atoms. The van der Waals surface area contributed by atoms with Crippen LogP contribution in [0.25, 0.3) is 0 Å². The fraction of sp³-hybridized carbons (Fsp3) is 0.500. The van der Waals surface area contributed by atoms with E-state index < -0.39 is 0 Å². The van der Waals surface area contributed by atoms with Gasteiger partial charge in [0, 0.05) is 25.7 Å². The molecule has 0 unspecified atom stereocenters. The summed E-state index contributed by atoms with van der Waals surface area (Å²) in [7, 11) is 3.63. The molecule has 0 amide bonds. The topological polar surface area (TPSA) is 36.4 Å². The van der Waals surface area contributed by atoms with Gasteiger partial charge in [-0.3, -0.25) is 4.99 Å². The number of nitrogens with zero attached hydrogens (tertiary/aromatic N) is 1. The minimum absolute atomic E-state index is 0. The molecule has 0 aromatic heterocycles. The highest BCUT2D eigenvalue weighted by atomic mass is 127. The van der Waals surface area contributed by atoms with Crippen LogP contribution in [0.3, 0.4) is 0 Å². The predicted molar refractivity (Wildman–Crippen MR) is 94.8 cm³/mol. The van der Waals surface area contributed by atoms with E-state index in [4.69, 9.17) is 11.6 Å². The van der Waals surface area contributed by atoms with Crippen molar-refractivity contribution in [2.45, 2.75) is 20.3 Å². The normalized spacial score (nSPS) is 11.7. The van der Waals surface area contributed by atoms with Crippen molar-refractivity contribution in [1.29, 1.82) is 0 Å². The third kappa shape index (κ3) is 7.01. The average Bonchev–Trinajstić information content (AvgIpc) is 2.29. The molecule has 1 aromatic rings. The lowest BCUT2D eigenvalue weighted by Crippen LogP contribution is -2.41. The van der Waals surface area contributed by atoms with Crippen molar-refractivity contribution in [2.75, 3.05) is 20.6 Å². The van der Waals surface area contributed by atoms with Crippen molar-refractivity contribution < 1.29 is 0 Å². The summed E-state index contributed by atoms with van der Waals surface area (Å²) in [5.74, 6) is 0.814. The Hall–Kier alpha value is -0.490. The number of guanidine groups is 1. The van der Waals surface area contributed by atoms with Crippen LogP contribution in [0.1, 0.15) is 19.4 Å². The summed E-state index contributed by atoms with van der Waals surface area (Å²) in [6.07, 6.45) is 0.973. The van der Waals surface area contributed by atoms with Crippen LogP contribution < -0.4 is 10.6 Å². The Morgan fingerprint density at radius 1 is 1.37 bits per heavy atom. The fourth-order valence-electron chi connectivity index (χ4n) is 1.86. The molecule has 0 radical (unpaired) electrons. The van der Waals surface area contributed by atoms with Gasteiger partial charge in [-0.15, -0.1) is 24.0 Å². The molecular formula is C14H23ClIN3. The molecule has 3 nitrogen and oxygen atoms in total. The molecule has 1 aromatic carbocycles. The van der Waals surface area contributed by atoms with Gasteiger partial charge < -0.3 is 10.6 Å². The zero-order valence-electron chi connectivity index (χ0n) is 12.0. The standard InChI is InChI=1S/C14H22ClN3.HI/c1-14(2,10-18-13(16-3)17-4)9-11-6-5-7-12(15)8-11;/h5-8H,9-10H2,1-4H3,(H2,16,17,18);1H. The predicted octanol–water partition coefficient (Wildman–Crippen LogP) is 3.32. The Labute approximate surface area is 138 Å². The molecule has 2 N–H and O–H groups in total. The summed E-state index contributed by atoms with van der Waals surface area (Å²) >= 11 is 6.00. The number of benzene rings is 1. The van der Waals surface area contributed by atoms with Crippen LogP contribution in [0, 0.1) is 5.41 Å². The summed E-state index contributed by atoms with van der Waals surface area (Å²) in [5, 5.41) is 7.11. The Bertz CT molecular complexity index is 419. The Kier molecular flexibility index (Phi) is 8.41. The van der Waals surface area contributed by atoms with Gasteiger partial charge in [-0.25, -0.2) is 0 Å². The first-order chi connectivity index (χ1) is 8.46. The van der Waals surface area contributed by atoms with E-state index in [1.807, 2.05) is 25.2 Å².